The number of azide groups is 1. The lowest BCUT2D eigenvalue weighted by Crippen LogP contribution is -2.62. The van der Waals surface area contributed by atoms with Gasteiger partial charge in [0, 0.05) is 18.0 Å². The quantitative estimate of drug-likeness (QED) is 0.312. The molecule has 0 radical (unpaired) electrons. The van der Waals surface area contributed by atoms with Crippen molar-refractivity contribution in [1.29, 1.82) is 0 Å². The SMILES string of the molecule is CC(C)C1CC(NCCN=[N+]=[N-])(C(=O)O)C1. The maximum atomic E-state index is 11.2. The van der Waals surface area contributed by atoms with E-state index in [1.807, 2.05) is 0 Å². The largest absolute Gasteiger partial charge is 0.480 e. The zero-order valence-electron chi connectivity index (χ0n) is 9.68. The fourth-order valence-electron chi connectivity index (χ4n) is 2.09. The summed E-state index contributed by atoms with van der Waals surface area (Å²) in [6, 6.07) is 0. The molecule has 0 unspecified atom stereocenters. The smallest absolute Gasteiger partial charge is 0.323 e. The molecule has 6 heteroatoms. The average Bonchev–Trinajstić information content (AvgIpc) is 2.13. The van der Waals surface area contributed by atoms with Crippen molar-refractivity contribution in [3.63, 3.8) is 0 Å². The second-order valence-electron chi connectivity index (χ2n) is 4.68. The Morgan fingerprint density at radius 2 is 2.31 bits per heavy atom. The van der Waals surface area contributed by atoms with E-state index in [0.717, 1.165) is 0 Å². The van der Waals surface area contributed by atoms with E-state index in [0.29, 0.717) is 31.2 Å². The average molecular weight is 226 g/mol. The number of carboxylic acid groups (broad SMARTS) is 1. The Morgan fingerprint density at radius 1 is 1.69 bits per heavy atom. The third-order valence-electron chi connectivity index (χ3n) is 3.31. The summed E-state index contributed by atoms with van der Waals surface area (Å²) in [6.45, 7) is 4.92. The molecule has 0 aromatic rings. The van der Waals surface area contributed by atoms with Gasteiger partial charge in [0.05, 0.1) is 0 Å². The molecule has 0 spiro atoms. The lowest BCUT2D eigenvalue weighted by atomic mass is 9.64. The van der Waals surface area contributed by atoms with Crippen LogP contribution < -0.4 is 5.32 Å². The second kappa shape index (κ2) is 5.18. The van der Waals surface area contributed by atoms with E-state index in [1.165, 1.54) is 0 Å². The molecule has 6 nitrogen and oxygen atoms in total. The summed E-state index contributed by atoms with van der Waals surface area (Å²) in [4.78, 5) is 13.8. The van der Waals surface area contributed by atoms with Crippen LogP contribution in [0.5, 0.6) is 0 Å². The van der Waals surface area contributed by atoms with E-state index in [4.69, 9.17) is 5.53 Å². The highest BCUT2D eigenvalue weighted by molar-refractivity contribution is 5.80. The Morgan fingerprint density at radius 3 is 2.75 bits per heavy atom. The summed E-state index contributed by atoms with van der Waals surface area (Å²) in [5.41, 5.74) is 7.31. The first kappa shape index (κ1) is 12.8. The van der Waals surface area contributed by atoms with Crippen molar-refractivity contribution in [1.82, 2.24) is 5.32 Å². The van der Waals surface area contributed by atoms with Crippen molar-refractivity contribution in [2.45, 2.75) is 32.2 Å². The molecule has 1 aliphatic rings. The fraction of sp³-hybridized carbons (Fsp3) is 0.900. The molecule has 0 bridgehead atoms. The van der Waals surface area contributed by atoms with E-state index in [1.54, 1.807) is 0 Å². The van der Waals surface area contributed by atoms with Crippen LogP contribution in [0.2, 0.25) is 0 Å². The molecule has 2 N–H and O–H groups in total. The zero-order valence-corrected chi connectivity index (χ0v) is 9.68. The first-order valence-corrected chi connectivity index (χ1v) is 5.51. The molecular weight excluding hydrogens is 208 g/mol. The lowest BCUT2D eigenvalue weighted by molar-refractivity contribution is -0.152. The van der Waals surface area contributed by atoms with Gasteiger partial charge in [-0.05, 0) is 30.2 Å². The van der Waals surface area contributed by atoms with Crippen molar-refractivity contribution < 1.29 is 9.90 Å². The molecule has 16 heavy (non-hydrogen) atoms. The first-order valence-electron chi connectivity index (χ1n) is 5.51. The van der Waals surface area contributed by atoms with E-state index >= 15 is 0 Å². The molecule has 0 atom stereocenters. The molecule has 0 heterocycles. The van der Waals surface area contributed by atoms with E-state index < -0.39 is 11.5 Å². The Bertz CT molecular complexity index is 304. The van der Waals surface area contributed by atoms with Crippen LogP contribution in [-0.2, 0) is 4.79 Å². The highest BCUT2D eigenvalue weighted by Gasteiger charge is 2.50. The van der Waals surface area contributed by atoms with Gasteiger partial charge in [-0.3, -0.25) is 4.79 Å². The number of aliphatic carboxylic acids is 1. The van der Waals surface area contributed by atoms with Crippen molar-refractivity contribution in [3.05, 3.63) is 10.4 Å². The number of hydrogen-bond donors (Lipinski definition) is 2. The Kier molecular flexibility index (Phi) is 4.15. The summed E-state index contributed by atoms with van der Waals surface area (Å²) in [5.74, 6) is 0.194. The number of carboxylic acids is 1. The van der Waals surface area contributed by atoms with Crippen LogP contribution in [0, 0.1) is 11.8 Å². The van der Waals surface area contributed by atoms with E-state index in [-0.39, 0.29) is 6.54 Å². The number of carbonyl (C=O) groups is 1. The van der Waals surface area contributed by atoms with Crippen LogP contribution in [0.1, 0.15) is 26.7 Å². The lowest BCUT2D eigenvalue weighted by Gasteiger charge is -2.47. The summed E-state index contributed by atoms with van der Waals surface area (Å²) < 4.78 is 0. The molecule has 0 saturated heterocycles. The van der Waals surface area contributed by atoms with Crippen LogP contribution >= 0.6 is 0 Å². The van der Waals surface area contributed by atoms with E-state index in [2.05, 4.69) is 29.2 Å². The van der Waals surface area contributed by atoms with E-state index in [9.17, 15) is 9.90 Å². The molecular formula is C10H18N4O2. The number of rotatable bonds is 6. The van der Waals surface area contributed by atoms with Gasteiger partial charge in [-0.25, -0.2) is 0 Å². The molecule has 90 valence electrons. The third kappa shape index (κ3) is 2.65. The Labute approximate surface area is 94.7 Å². The molecule has 0 amide bonds. The summed E-state index contributed by atoms with van der Waals surface area (Å²) in [5, 5.41) is 15.5. The number of hydrogen-bond acceptors (Lipinski definition) is 3. The van der Waals surface area contributed by atoms with Crippen molar-refractivity contribution in [2.24, 2.45) is 17.0 Å². The van der Waals surface area contributed by atoms with Gasteiger partial charge < -0.3 is 10.4 Å². The molecule has 1 saturated carbocycles. The Hall–Kier alpha value is -1.26. The first-order chi connectivity index (χ1) is 7.52. The predicted octanol–water partition coefficient (Wildman–Crippen LogP) is 1.78. The Balaban J connectivity index is 2.45. The van der Waals surface area contributed by atoms with Crippen LogP contribution in [0.25, 0.3) is 10.4 Å². The highest BCUT2D eigenvalue weighted by atomic mass is 16.4. The molecule has 0 aliphatic heterocycles. The minimum absolute atomic E-state index is 0.290. The van der Waals surface area contributed by atoms with Gasteiger partial charge in [0.1, 0.15) is 5.54 Å². The molecule has 1 rings (SSSR count). The van der Waals surface area contributed by atoms with Gasteiger partial charge in [-0.15, -0.1) is 0 Å². The van der Waals surface area contributed by atoms with Gasteiger partial charge in [0.25, 0.3) is 0 Å². The van der Waals surface area contributed by atoms with Crippen LogP contribution in [0.3, 0.4) is 0 Å². The molecule has 1 aliphatic carbocycles. The van der Waals surface area contributed by atoms with Gasteiger partial charge in [0.15, 0.2) is 0 Å². The normalized spacial score (nSPS) is 28.3. The third-order valence-corrected chi connectivity index (χ3v) is 3.31. The van der Waals surface area contributed by atoms with Crippen molar-refractivity contribution >= 4 is 5.97 Å². The van der Waals surface area contributed by atoms with Crippen molar-refractivity contribution in [2.75, 3.05) is 13.1 Å². The second-order valence-corrected chi connectivity index (χ2v) is 4.68. The zero-order chi connectivity index (χ0) is 12.2. The summed E-state index contributed by atoms with van der Waals surface area (Å²) in [7, 11) is 0. The maximum Gasteiger partial charge on any atom is 0.323 e. The summed E-state index contributed by atoms with van der Waals surface area (Å²) in [6.07, 6.45) is 1.33. The maximum absolute atomic E-state index is 11.2. The van der Waals surface area contributed by atoms with Crippen molar-refractivity contribution in [3.8, 4) is 0 Å². The van der Waals surface area contributed by atoms with Gasteiger partial charge in [0.2, 0.25) is 0 Å². The highest BCUT2D eigenvalue weighted by Crippen LogP contribution is 2.42. The number of nitrogens with zero attached hydrogens (tertiary/aromatic N) is 3. The summed E-state index contributed by atoms with van der Waals surface area (Å²) >= 11 is 0. The fourth-order valence-corrected chi connectivity index (χ4v) is 2.09. The topological polar surface area (TPSA) is 98.1 Å². The van der Waals surface area contributed by atoms with Gasteiger partial charge in [-0.1, -0.05) is 19.0 Å². The predicted molar refractivity (Wildman–Crippen MR) is 59.9 cm³/mol. The monoisotopic (exact) mass is 226 g/mol. The van der Waals surface area contributed by atoms with Crippen LogP contribution in [-0.4, -0.2) is 29.7 Å². The molecule has 0 aromatic carbocycles. The van der Waals surface area contributed by atoms with Crippen LogP contribution in [0.4, 0.5) is 0 Å². The molecule has 0 aromatic heterocycles. The minimum Gasteiger partial charge on any atom is -0.480 e. The standard InChI is InChI=1S/C10H18N4O2/c1-7(2)8-5-10(6-8,9(15)16)12-3-4-13-14-11/h7-8,12H,3-6H2,1-2H3,(H,15,16). The number of nitrogens with one attached hydrogen (secondary N) is 1. The van der Waals surface area contributed by atoms with Gasteiger partial charge in [-0.2, -0.15) is 0 Å². The minimum atomic E-state index is -0.801. The van der Waals surface area contributed by atoms with Gasteiger partial charge >= 0.3 is 5.97 Å². The van der Waals surface area contributed by atoms with Crippen LogP contribution in [0.15, 0.2) is 5.11 Å². The molecule has 1 fully saturated rings.